The number of hydrogen-bond donors (Lipinski definition) is 3. The molecule has 12 nitrogen and oxygen atoms in total. The van der Waals surface area contributed by atoms with Gasteiger partial charge in [-0.2, -0.15) is 16.8 Å². The Kier molecular flexibility index (Phi) is 6.93. The summed E-state index contributed by atoms with van der Waals surface area (Å²) in [7, 11) is -11.7. The maximum atomic E-state index is 12.3. The van der Waals surface area contributed by atoms with E-state index >= 15 is 0 Å². The number of hydrogen-bond acceptors (Lipinski definition) is 10. The van der Waals surface area contributed by atoms with Gasteiger partial charge in [0.05, 0.1) is 28.3 Å². The monoisotopic (exact) mass is 543 g/mol. The van der Waals surface area contributed by atoms with Gasteiger partial charge in [0.1, 0.15) is 22.0 Å². The number of methoxy groups -OCH3 is 1. The van der Waals surface area contributed by atoms with E-state index in [1.807, 2.05) is 0 Å². The van der Waals surface area contributed by atoms with Crippen LogP contribution in [0.3, 0.4) is 0 Å². The average Bonchev–Trinajstić information content (AvgIpc) is 2.76. The molecule has 0 aliphatic rings. The van der Waals surface area contributed by atoms with Crippen LogP contribution in [-0.4, -0.2) is 47.2 Å². The van der Waals surface area contributed by atoms with Crippen LogP contribution in [0.2, 0.25) is 0 Å². The first kappa shape index (κ1) is 26.5. The lowest BCUT2D eigenvalue weighted by Gasteiger charge is -2.12. The third-order valence-electron chi connectivity index (χ3n) is 5.11. The molecule has 3 aromatic carbocycles. The zero-order valence-electron chi connectivity index (χ0n) is 18.6. The Morgan fingerprint density at radius 3 is 2.11 bits per heavy atom. The molecule has 0 atom stereocenters. The molecule has 0 fully saturated rings. The van der Waals surface area contributed by atoms with E-state index in [9.17, 15) is 34.4 Å². The van der Waals surface area contributed by atoms with Crippen LogP contribution >= 0.6 is 0 Å². The standard InChI is InChI=1S/C20H21N3O9S3/c1-4-33(24,25)17-10-16(32-3)15(7-11(17)2)22-23-20-14-6-5-13(34(26,27)28)8-12(14)9-18(19(20)21)35(29,30)31/h5-10H,4,21H2,1-3H3,(H,26,27,28)(H,29,30,31). The molecule has 188 valence electrons. The molecule has 0 amide bonds. The maximum Gasteiger partial charge on any atom is 0.296 e. The molecular formula is C20H21N3O9S3. The first-order chi connectivity index (χ1) is 16.1. The van der Waals surface area contributed by atoms with Crippen molar-refractivity contribution in [2.75, 3.05) is 18.6 Å². The molecule has 0 spiro atoms. The molecule has 0 aromatic heterocycles. The van der Waals surface area contributed by atoms with E-state index in [0.29, 0.717) is 5.56 Å². The molecule has 3 aromatic rings. The van der Waals surface area contributed by atoms with Gasteiger partial charge in [0.15, 0.2) is 9.84 Å². The van der Waals surface area contributed by atoms with Gasteiger partial charge in [-0.1, -0.05) is 13.0 Å². The van der Waals surface area contributed by atoms with Crippen molar-refractivity contribution in [1.82, 2.24) is 0 Å². The van der Waals surface area contributed by atoms with Gasteiger partial charge in [-0.05, 0) is 42.1 Å². The molecule has 0 unspecified atom stereocenters. The molecule has 4 N–H and O–H groups in total. The van der Waals surface area contributed by atoms with E-state index < -0.39 is 45.6 Å². The lowest BCUT2D eigenvalue weighted by molar-refractivity contribution is 0.414. The van der Waals surface area contributed by atoms with Crippen molar-refractivity contribution in [2.24, 2.45) is 10.2 Å². The van der Waals surface area contributed by atoms with E-state index in [4.69, 9.17) is 10.5 Å². The summed E-state index contributed by atoms with van der Waals surface area (Å²) in [5.74, 6) is -0.0669. The van der Waals surface area contributed by atoms with Crippen LogP contribution in [-0.2, 0) is 30.1 Å². The van der Waals surface area contributed by atoms with Crippen LogP contribution in [0.15, 0.2) is 61.3 Å². The number of benzene rings is 3. The Bertz CT molecular complexity index is 1700. The number of fused-ring (bicyclic) bond motifs is 1. The van der Waals surface area contributed by atoms with Crippen LogP contribution < -0.4 is 10.5 Å². The fraction of sp³-hybridized carbons (Fsp3) is 0.200. The smallest absolute Gasteiger partial charge is 0.296 e. The number of azo groups is 1. The number of rotatable bonds is 7. The summed E-state index contributed by atoms with van der Waals surface area (Å²) in [6.45, 7) is 3.05. The Morgan fingerprint density at radius 2 is 1.57 bits per heavy atom. The van der Waals surface area contributed by atoms with E-state index in [2.05, 4.69) is 10.2 Å². The lowest BCUT2D eigenvalue weighted by atomic mass is 10.1. The SMILES string of the molecule is CCS(=O)(=O)c1cc(OC)c(N=Nc2c(N)c(S(=O)(=O)O)cc3cc(S(=O)(=O)O)ccc23)cc1C. The van der Waals surface area contributed by atoms with Gasteiger partial charge in [-0.25, -0.2) is 8.42 Å². The first-order valence-electron chi connectivity index (χ1n) is 9.74. The molecule has 0 heterocycles. The second-order valence-electron chi connectivity index (χ2n) is 7.36. The molecule has 15 heteroatoms. The summed E-state index contributed by atoms with van der Waals surface area (Å²) >= 11 is 0. The van der Waals surface area contributed by atoms with Crippen LogP contribution in [0.4, 0.5) is 17.1 Å². The molecule has 0 saturated heterocycles. The number of aryl methyl sites for hydroxylation is 1. The first-order valence-corrected chi connectivity index (χ1v) is 14.3. The third-order valence-corrected chi connectivity index (χ3v) is 8.72. The molecule has 0 bridgehead atoms. The fourth-order valence-corrected chi connectivity index (χ4v) is 5.64. The van der Waals surface area contributed by atoms with Crippen LogP contribution in [0.5, 0.6) is 5.75 Å². The minimum atomic E-state index is -4.85. The van der Waals surface area contributed by atoms with Crippen LogP contribution in [0, 0.1) is 6.92 Å². The minimum Gasteiger partial charge on any atom is -0.494 e. The third kappa shape index (κ3) is 5.28. The van der Waals surface area contributed by atoms with Gasteiger partial charge in [-0.15, -0.1) is 10.2 Å². The summed E-state index contributed by atoms with van der Waals surface area (Å²) in [6, 6.07) is 6.90. The molecule has 0 aliphatic carbocycles. The van der Waals surface area contributed by atoms with Crippen LogP contribution in [0.25, 0.3) is 10.8 Å². The number of sulfone groups is 1. The number of ether oxygens (including phenoxy) is 1. The van der Waals surface area contributed by atoms with E-state index in [0.717, 1.165) is 18.2 Å². The van der Waals surface area contributed by atoms with E-state index in [-0.39, 0.29) is 38.5 Å². The summed E-state index contributed by atoms with van der Waals surface area (Å²) in [5.41, 5.74) is 5.72. The zero-order valence-corrected chi connectivity index (χ0v) is 21.1. The van der Waals surface area contributed by atoms with Crippen molar-refractivity contribution in [1.29, 1.82) is 0 Å². The van der Waals surface area contributed by atoms with Crippen molar-refractivity contribution in [3.63, 3.8) is 0 Å². The van der Waals surface area contributed by atoms with Crippen molar-refractivity contribution < 1.29 is 39.1 Å². The number of nitrogen functional groups attached to an aromatic ring is 1. The van der Waals surface area contributed by atoms with E-state index in [1.165, 1.54) is 32.2 Å². The summed E-state index contributed by atoms with van der Waals surface area (Å²) in [5, 5.41) is 8.19. The highest BCUT2D eigenvalue weighted by Gasteiger charge is 2.22. The largest absolute Gasteiger partial charge is 0.494 e. The Morgan fingerprint density at radius 1 is 0.914 bits per heavy atom. The highest BCUT2D eigenvalue weighted by atomic mass is 32.2. The lowest BCUT2D eigenvalue weighted by Crippen LogP contribution is -2.06. The van der Waals surface area contributed by atoms with Gasteiger partial charge < -0.3 is 10.5 Å². The predicted octanol–water partition coefficient (Wildman–Crippen LogP) is 3.44. The normalized spacial score (nSPS) is 12.9. The summed E-state index contributed by atoms with van der Waals surface area (Å²) in [4.78, 5) is -1.23. The fourth-order valence-electron chi connectivity index (χ4n) is 3.33. The number of nitrogens with two attached hydrogens (primary N) is 1. The Balaban J connectivity index is 2.30. The van der Waals surface area contributed by atoms with Gasteiger partial charge in [-0.3, -0.25) is 9.11 Å². The van der Waals surface area contributed by atoms with Gasteiger partial charge >= 0.3 is 0 Å². The Hall–Kier alpha value is -3.11. The van der Waals surface area contributed by atoms with E-state index in [1.54, 1.807) is 6.92 Å². The highest BCUT2D eigenvalue weighted by molar-refractivity contribution is 7.91. The maximum absolute atomic E-state index is 12.3. The van der Waals surface area contributed by atoms with Gasteiger partial charge in [0.2, 0.25) is 0 Å². The molecule has 0 aliphatic heterocycles. The second-order valence-corrected chi connectivity index (χ2v) is 12.4. The molecule has 35 heavy (non-hydrogen) atoms. The van der Waals surface area contributed by atoms with Crippen molar-refractivity contribution in [2.45, 2.75) is 28.5 Å². The topological polar surface area (TPSA) is 203 Å². The molecule has 0 saturated carbocycles. The number of nitrogens with zero attached hydrogens (tertiary/aromatic N) is 2. The number of anilines is 1. The average molecular weight is 544 g/mol. The minimum absolute atomic E-state index is 0.0246. The summed E-state index contributed by atoms with van der Waals surface area (Å²) in [6.07, 6.45) is 0. The quantitative estimate of drug-likeness (QED) is 0.225. The second kappa shape index (κ2) is 9.16. The molecule has 3 rings (SSSR count). The van der Waals surface area contributed by atoms with Crippen molar-refractivity contribution in [3.05, 3.63) is 42.0 Å². The zero-order chi connectivity index (χ0) is 26.3. The van der Waals surface area contributed by atoms with Crippen molar-refractivity contribution in [3.8, 4) is 5.75 Å². The molecular weight excluding hydrogens is 522 g/mol. The molecule has 0 radical (unpaired) electrons. The predicted molar refractivity (Wildman–Crippen MR) is 128 cm³/mol. The highest BCUT2D eigenvalue weighted by Crippen LogP contribution is 2.41. The van der Waals surface area contributed by atoms with Gasteiger partial charge in [0, 0.05) is 11.5 Å². The van der Waals surface area contributed by atoms with Crippen molar-refractivity contribution >= 4 is 57.9 Å². The Labute approximate surface area is 201 Å². The van der Waals surface area contributed by atoms with Crippen LogP contribution in [0.1, 0.15) is 12.5 Å². The summed E-state index contributed by atoms with van der Waals surface area (Å²) < 4.78 is 95.6. The van der Waals surface area contributed by atoms with Gasteiger partial charge in [0.25, 0.3) is 20.2 Å².